The van der Waals surface area contributed by atoms with Crippen molar-refractivity contribution in [2.45, 2.75) is 52.4 Å². The predicted molar refractivity (Wildman–Crippen MR) is 137 cm³/mol. The lowest BCUT2D eigenvalue weighted by Crippen LogP contribution is -2.29. The average molecular weight is 417 g/mol. The molecule has 0 radical (unpaired) electrons. The molecule has 1 aliphatic carbocycles. The van der Waals surface area contributed by atoms with E-state index in [1.54, 1.807) is 0 Å². The highest BCUT2D eigenvalue weighted by Crippen LogP contribution is 2.56. The number of aryl methyl sites for hydroxylation is 3. The van der Waals surface area contributed by atoms with Gasteiger partial charge in [0.15, 0.2) is 0 Å². The van der Waals surface area contributed by atoms with Crippen LogP contribution in [0.2, 0.25) is 0 Å². The predicted octanol–water partition coefficient (Wildman–Crippen LogP) is 8.27. The van der Waals surface area contributed by atoms with Crippen LogP contribution in [-0.2, 0) is 10.8 Å². The Hall–Kier alpha value is -3.12. The standard InChI is InChI=1S/C32H32/c1-21-7-11-25(12-8-21)32(26-15-13-24(14-16-26)31(4,5)6)29-19-22(2)9-17-27(29)28-18-10-23(3)20-30(28)32/h7-20H,1-6H3. The first kappa shape index (κ1) is 20.8. The first-order valence-electron chi connectivity index (χ1n) is 11.6. The largest absolute Gasteiger partial charge is 0.0713 e. The van der Waals surface area contributed by atoms with Gasteiger partial charge in [0.25, 0.3) is 0 Å². The van der Waals surface area contributed by atoms with Gasteiger partial charge in [-0.25, -0.2) is 0 Å². The summed E-state index contributed by atoms with van der Waals surface area (Å²) < 4.78 is 0. The zero-order chi connectivity index (χ0) is 22.7. The summed E-state index contributed by atoms with van der Waals surface area (Å²) in [7, 11) is 0. The van der Waals surface area contributed by atoms with Crippen LogP contribution in [-0.4, -0.2) is 0 Å². The molecule has 0 nitrogen and oxygen atoms in total. The van der Waals surface area contributed by atoms with Crippen LogP contribution in [0.15, 0.2) is 84.9 Å². The van der Waals surface area contributed by atoms with Crippen molar-refractivity contribution in [3.8, 4) is 11.1 Å². The fraction of sp³-hybridized carbons (Fsp3) is 0.250. The van der Waals surface area contributed by atoms with E-state index in [0.717, 1.165) is 0 Å². The van der Waals surface area contributed by atoms with Crippen LogP contribution in [0.25, 0.3) is 11.1 Å². The molecular weight excluding hydrogens is 384 g/mol. The molecule has 0 fully saturated rings. The topological polar surface area (TPSA) is 0 Å². The lowest BCUT2D eigenvalue weighted by Gasteiger charge is -2.35. The van der Waals surface area contributed by atoms with E-state index >= 15 is 0 Å². The van der Waals surface area contributed by atoms with Gasteiger partial charge >= 0.3 is 0 Å². The second-order valence-corrected chi connectivity index (χ2v) is 10.5. The third-order valence-corrected chi connectivity index (χ3v) is 7.12. The molecule has 0 bridgehead atoms. The van der Waals surface area contributed by atoms with Crippen LogP contribution >= 0.6 is 0 Å². The molecule has 0 atom stereocenters. The molecule has 0 N–H and O–H groups in total. The molecule has 160 valence electrons. The molecule has 0 amide bonds. The molecule has 0 heteroatoms. The lowest BCUT2D eigenvalue weighted by molar-refractivity contribution is 0.589. The number of rotatable bonds is 2. The highest BCUT2D eigenvalue weighted by atomic mass is 14.5. The van der Waals surface area contributed by atoms with Crippen molar-refractivity contribution in [3.05, 3.63) is 129 Å². The molecular formula is C32H32. The van der Waals surface area contributed by atoms with Crippen molar-refractivity contribution >= 4 is 0 Å². The number of fused-ring (bicyclic) bond motifs is 3. The monoisotopic (exact) mass is 416 g/mol. The Labute approximate surface area is 193 Å². The van der Waals surface area contributed by atoms with Crippen molar-refractivity contribution in [1.82, 2.24) is 0 Å². The molecule has 4 aromatic rings. The molecule has 4 aromatic carbocycles. The van der Waals surface area contributed by atoms with Crippen LogP contribution < -0.4 is 0 Å². The zero-order valence-corrected chi connectivity index (χ0v) is 20.1. The van der Waals surface area contributed by atoms with Crippen molar-refractivity contribution < 1.29 is 0 Å². The number of benzene rings is 4. The molecule has 32 heavy (non-hydrogen) atoms. The van der Waals surface area contributed by atoms with Crippen molar-refractivity contribution in [3.63, 3.8) is 0 Å². The normalized spacial score (nSPS) is 14.2. The summed E-state index contributed by atoms with van der Waals surface area (Å²) in [5.41, 5.74) is 13.3. The molecule has 5 rings (SSSR count). The van der Waals surface area contributed by atoms with E-state index in [2.05, 4.69) is 126 Å². The fourth-order valence-corrected chi connectivity index (χ4v) is 5.36. The quantitative estimate of drug-likeness (QED) is 0.272. The average Bonchev–Trinajstić information content (AvgIpc) is 3.03. The minimum Gasteiger partial charge on any atom is -0.0590 e. The molecule has 0 aliphatic heterocycles. The fourth-order valence-electron chi connectivity index (χ4n) is 5.36. The lowest BCUT2D eigenvalue weighted by atomic mass is 9.67. The number of hydrogen-bond acceptors (Lipinski definition) is 0. The highest BCUT2D eigenvalue weighted by Gasteiger charge is 2.46. The maximum absolute atomic E-state index is 2.40. The Balaban J connectivity index is 1.91. The zero-order valence-electron chi connectivity index (χ0n) is 20.1. The molecule has 0 unspecified atom stereocenters. The summed E-state index contributed by atoms with van der Waals surface area (Å²) in [6.07, 6.45) is 0. The van der Waals surface area contributed by atoms with Crippen LogP contribution in [0.3, 0.4) is 0 Å². The maximum atomic E-state index is 2.40. The van der Waals surface area contributed by atoms with Gasteiger partial charge in [0.05, 0.1) is 5.41 Å². The van der Waals surface area contributed by atoms with Gasteiger partial charge in [0, 0.05) is 0 Å². The van der Waals surface area contributed by atoms with Crippen molar-refractivity contribution in [2.75, 3.05) is 0 Å². The van der Waals surface area contributed by atoms with Crippen LogP contribution in [0.4, 0.5) is 0 Å². The molecule has 0 saturated carbocycles. The van der Waals surface area contributed by atoms with Gasteiger partial charge in [0.1, 0.15) is 0 Å². The second kappa shape index (κ2) is 7.20. The summed E-state index contributed by atoms with van der Waals surface area (Å²) in [6, 6.07) is 32.5. The van der Waals surface area contributed by atoms with E-state index in [-0.39, 0.29) is 10.8 Å². The van der Waals surface area contributed by atoms with Gasteiger partial charge in [-0.1, -0.05) is 122 Å². The van der Waals surface area contributed by atoms with Crippen LogP contribution in [0, 0.1) is 20.8 Å². The van der Waals surface area contributed by atoms with E-state index in [9.17, 15) is 0 Å². The van der Waals surface area contributed by atoms with Crippen LogP contribution in [0.1, 0.15) is 65.3 Å². The van der Waals surface area contributed by atoms with Gasteiger partial charge in [0.2, 0.25) is 0 Å². The summed E-state index contributed by atoms with van der Waals surface area (Å²) in [6.45, 7) is 13.4. The van der Waals surface area contributed by atoms with Gasteiger partial charge in [-0.15, -0.1) is 0 Å². The summed E-state index contributed by atoms with van der Waals surface area (Å²) in [5.74, 6) is 0. The van der Waals surface area contributed by atoms with Gasteiger partial charge < -0.3 is 0 Å². The van der Waals surface area contributed by atoms with Gasteiger partial charge in [-0.3, -0.25) is 0 Å². The first-order valence-corrected chi connectivity index (χ1v) is 11.6. The summed E-state index contributed by atoms with van der Waals surface area (Å²) >= 11 is 0. The minimum atomic E-state index is -0.313. The third kappa shape index (κ3) is 3.05. The second-order valence-electron chi connectivity index (χ2n) is 10.5. The molecule has 0 heterocycles. The van der Waals surface area contributed by atoms with Gasteiger partial charge in [-0.05, 0) is 65.1 Å². The SMILES string of the molecule is Cc1ccc(C2(c3ccc(C(C)(C)C)cc3)c3cc(C)ccc3-c3ccc(C)cc32)cc1. The maximum Gasteiger partial charge on any atom is 0.0713 e. The van der Waals surface area contributed by atoms with E-state index in [1.807, 2.05) is 0 Å². The summed E-state index contributed by atoms with van der Waals surface area (Å²) in [5, 5.41) is 0. The summed E-state index contributed by atoms with van der Waals surface area (Å²) in [4.78, 5) is 0. The third-order valence-electron chi connectivity index (χ3n) is 7.12. The Kier molecular flexibility index (Phi) is 4.67. The number of hydrogen-bond donors (Lipinski definition) is 0. The van der Waals surface area contributed by atoms with E-state index < -0.39 is 0 Å². The Morgan fingerprint density at radius 1 is 0.500 bits per heavy atom. The smallest absolute Gasteiger partial charge is 0.0590 e. The molecule has 0 saturated heterocycles. The molecule has 0 aromatic heterocycles. The Bertz CT molecular complexity index is 1240. The highest BCUT2D eigenvalue weighted by molar-refractivity contribution is 5.86. The Morgan fingerprint density at radius 3 is 1.34 bits per heavy atom. The van der Waals surface area contributed by atoms with E-state index in [1.165, 1.54) is 55.6 Å². The van der Waals surface area contributed by atoms with Crippen LogP contribution in [0.5, 0.6) is 0 Å². The van der Waals surface area contributed by atoms with E-state index in [4.69, 9.17) is 0 Å². The Morgan fingerprint density at radius 2 is 0.906 bits per heavy atom. The van der Waals surface area contributed by atoms with E-state index in [0.29, 0.717) is 0 Å². The van der Waals surface area contributed by atoms with Crippen molar-refractivity contribution in [1.29, 1.82) is 0 Å². The van der Waals surface area contributed by atoms with Crippen molar-refractivity contribution in [2.24, 2.45) is 0 Å². The molecule has 0 spiro atoms. The van der Waals surface area contributed by atoms with Gasteiger partial charge in [-0.2, -0.15) is 0 Å². The minimum absolute atomic E-state index is 0.133. The first-order chi connectivity index (χ1) is 15.2. The molecule has 1 aliphatic rings.